The van der Waals surface area contributed by atoms with E-state index in [1.807, 2.05) is 6.07 Å². The number of benzene rings is 1. The number of rotatable bonds is 7. The largest absolute Gasteiger partial charge is 0.377 e. The summed E-state index contributed by atoms with van der Waals surface area (Å²) in [6.45, 7) is 8.50. The summed E-state index contributed by atoms with van der Waals surface area (Å²) in [6.07, 6.45) is 2.08. The molecule has 0 radical (unpaired) electrons. The molecule has 0 aliphatic carbocycles. The van der Waals surface area contributed by atoms with Gasteiger partial charge < -0.3 is 10.1 Å². The van der Waals surface area contributed by atoms with Gasteiger partial charge in [-0.2, -0.15) is 0 Å². The van der Waals surface area contributed by atoms with Crippen LogP contribution in [-0.2, 0) is 11.3 Å². The van der Waals surface area contributed by atoms with Crippen LogP contribution >= 0.6 is 0 Å². The third-order valence-electron chi connectivity index (χ3n) is 2.59. The van der Waals surface area contributed by atoms with Crippen LogP contribution in [0.25, 0.3) is 0 Å². The van der Waals surface area contributed by atoms with Gasteiger partial charge in [-0.1, -0.05) is 18.2 Å². The Balaban J connectivity index is 2.04. The first-order chi connectivity index (χ1) is 8.49. The maximum Gasteiger partial charge on any atom is 0.128 e. The maximum absolute atomic E-state index is 13.3. The van der Waals surface area contributed by atoms with Crippen LogP contribution in [-0.4, -0.2) is 18.7 Å². The van der Waals surface area contributed by atoms with E-state index in [-0.39, 0.29) is 11.4 Å². The predicted molar refractivity (Wildman–Crippen MR) is 73.0 cm³/mol. The Labute approximate surface area is 110 Å². The molecule has 0 fully saturated rings. The molecule has 0 bridgehead atoms. The molecule has 0 saturated carbocycles. The molecule has 0 unspecified atom stereocenters. The molecular formula is C15H24FNO. The maximum atomic E-state index is 13.3. The molecule has 18 heavy (non-hydrogen) atoms. The fourth-order valence-corrected chi connectivity index (χ4v) is 1.59. The third-order valence-corrected chi connectivity index (χ3v) is 2.59. The topological polar surface area (TPSA) is 21.3 Å². The lowest BCUT2D eigenvalue weighted by Gasteiger charge is -2.20. The number of hydrogen-bond donors (Lipinski definition) is 1. The second-order valence-electron chi connectivity index (χ2n) is 5.53. The Morgan fingerprint density at radius 3 is 2.56 bits per heavy atom. The van der Waals surface area contributed by atoms with Gasteiger partial charge >= 0.3 is 0 Å². The molecule has 0 atom stereocenters. The van der Waals surface area contributed by atoms with Gasteiger partial charge in [-0.05, 0) is 46.2 Å². The average Bonchev–Trinajstić information content (AvgIpc) is 2.28. The van der Waals surface area contributed by atoms with E-state index in [0.717, 1.165) is 19.4 Å². The highest BCUT2D eigenvalue weighted by Gasteiger charge is 2.06. The van der Waals surface area contributed by atoms with Crippen LogP contribution in [0.2, 0.25) is 0 Å². The number of hydrogen-bond acceptors (Lipinski definition) is 2. The number of ether oxygens (including phenoxy) is 1. The quantitative estimate of drug-likeness (QED) is 0.751. The molecule has 0 saturated heterocycles. The van der Waals surface area contributed by atoms with Gasteiger partial charge in [-0.15, -0.1) is 0 Å². The first-order valence-corrected chi connectivity index (χ1v) is 6.55. The fraction of sp³-hybridized carbons (Fsp3) is 0.600. The smallest absolute Gasteiger partial charge is 0.128 e. The summed E-state index contributed by atoms with van der Waals surface area (Å²) < 4.78 is 18.7. The standard InChI is InChI=1S/C15H24FNO/c1-15(2,3)17-10-6-7-11-18-12-13-8-4-5-9-14(13)16/h4-5,8-9,17H,6-7,10-12H2,1-3H3. The summed E-state index contributed by atoms with van der Waals surface area (Å²) in [5.41, 5.74) is 0.805. The van der Waals surface area contributed by atoms with Gasteiger partial charge in [0, 0.05) is 17.7 Å². The van der Waals surface area contributed by atoms with E-state index in [9.17, 15) is 4.39 Å². The Hall–Kier alpha value is -0.930. The molecule has 2 nitrogen and oxygen atoms in total. The molecule has 1 N–H and O–H groups in total. The van der Waals surface area contributed by atoms with Crippen molar-refractivity contribution in [3.8, 4) is 0 Å². The van der Waals surface area contributed by atoms with Gasteiger partial charge in [-0.3, -0.25) is 0 Å². The van der Waals surface area contributed by atoms with Gasteiger partial charge in [0.1, 0.15) is 5.82 Å². The minimum atomic E-state index is -0.188. The van der Waals surface area contributed by atoms with Gasteiger partial charge in [0.05, 0.1) is 6.61 Å². The molecule has 102 valence electrons. The summed E-state index contributed by atoms with van der Waals surface area (Å²) in [5, 5.41) is 3.42. The van der Waals surface area contributed by atoms with Crippen molar-refractivity contribution >= 4 is 0 Å². The van der Waals surface area contributed by atoms with Gasteiger partial charge in [0.25, 0.3) is 0 Å². The average molecular weight is 253 g/mol. The summed E-state index contributed by atoms with van der Waals surface area (Å²) in [7, 11) is 0. The lowest BCUT2D eigenvalue weighted by Crippen LogP contribution is -2.36. The number of nitrogens with one attached hydrogen (secondary N) is 1. The Kier molecular flexibility index (Phi) is 6.30. The van der Waals surface area contributed by atoms with Crippen LogP contribution in [0.4, 0.5) is 4.39 Å². The highest BCUT2D eigenvalue weighted by atomic mass is 19.1. The minimum Gasteiger partial charge on any atom is -0.377 e. The molecule has 1 rings (SSSR count). The van der Waals surface area contributed by atoms with Gasteiger partial charge in [-0.25, -0.2) is 4.39 Å². The minimum absolute atomic E-state index is 0.175. The Morgan fingerprint density at radius 2 is 1.89 bits per heavy atom. The van der Waals surface area contributed by atoms with Crippen molar-refractivity contribution in [2.75, 3.05) is 13.2 Å². The van der Waals surface area contributed by atoms with Crippen LogP contribution in [0.15, 0.2) is 24.3 Å². The molecule has 0 spiro atoms. The molecule has 1 aromatic carbocycles. The molecule has 0 aliphatic rings. The molecular weight excluding hydrogens is 229 g/mol. The van der Waals surface area contributed by atoms with Crippen LogP contribution in [0.3, 0.4) is 0 Å². The summed E-state index contributed by atoms with van der Waals surface area (Å²) in [4.78, 5) is 0. The van der Waals surface area contributed by atoms with Crippen LogP contribution < -0.4 is 5.32 Å². The van der Waals surface area contributed by atoms with Crippen molar-refractivity contribution in [2.24, 2.45) is 0 Å². The van der Waals surface area contributed by atoms with Crippen molar-refractivity contribution in [2.45, 2.75) is 45.8 Å². The Morgan fingerprint density at radius 1 is 1.17 bits per heavy atom. The van der Waals surface area contributed by atoms with E-state index in [1.165, 1.54) is 6.07 Å². The van der Waals surface area contributed by atoms with E-state index >= 15 is 0 Å². The van der Waals surface area contributed by atoms with Gasteiger partial charge in [0.15, 0.2) is 0 Å². The lowest BCUT2D eigenvalue weighted by atomic mass is 10.1. The zero-order valence-corrected chi connectivity index (χ0v) is 11.6. The molecule has 1 aromatic rings. The Bertz CT molecular complexity index is 347. The third kappa shape index (κ3) is 6.72. The zero-order valence-electron chi connectivity index (χ0n) is 11.6. The molecule has 0 heterocycles. The molecule has 0 aliphatic heterocycles. The van der Waals surface area contributed by atoms with E-state index in [1.54, 1.807) is 12.1 Å². The van der Waals surface area contributed by atoms with Crippen molar-refractivity contribution in [3.63, 3.8) is 0 Å². The van der Waals surface area contributed by atoms with E-state index in [0.29, 0.717) is 18.8 Å². The SMILES string of the molecule is CC(C)(C)NCCCCOCc1ccccc1F. The summed E-state index contributed by atoms with van der Waals surface area (Å²) in [5.74, 6) is -0.188. The summed E-state index contributed by atoms with van der Waals surface area (Å²) >= 11 is 0. The summed E-state index contributed by atoms with van der Waals surface area (Å²) in [6, 6.07) is 6.74. The second-order valence-corrected chi connectivity index (χ2v) is 5.53. The highest BCUT2D eigenvalue weighted by Crippen LogP contribution is 2.08. The monoisotopic (exact) mass is 253 g/mol. The molecule has 0 aromatic heterocycles. The predicted octanol–water partition coefficient (Wildman–Crippen LogP) is 3.51. The molecule has 3 heteroatoms. The fourth-order valence-electron chi connectivity index (χ4n) is 1.59. The van der Waals surface area contributed by atoms with Crippen LogP contribution in [0.1, 0.15) is 39.2 Å². The number of halogens is 1. The lowest BCUT2D eigenvalue weighted by molar-refractivity contribution is 0.114. The van der Waals surface area contributed by atoms with Crippen molar-refractivity contribution in [1.29, 1.82) is 0 Å². The van der Waals surface area contributed by atoms with Crippen molar-refractivity contribution in [3.05, 3.63) is 35.6 Å². The van der Waals surface area contributed by atoms with Gasteiger partial charge in [0.2, 0.25) is 0 Å². The second kappa shape index (κ2) is 7.49. The molecule has 0 amide bonds. The van der Waals surface area contributed by atoms with Crippen LogP contribution in [0.5, 0.6) is 0 Å². The first kappa shape index (κ1) is 15.1. The number of unbranched alkanes of at least 4 members (excludes halogenated alkanes) is 1. The zero-order chi connectivity index (χ0) is 13.4. The van der Waals surface area contributed by atoms with Crippen molar-refractivity contribution in [1.82, 2.24) is 5.32 Å². The first-order valence-electron chi connectivity index (χ1n) is 6.55. The van der Waals surface area contributed by atoms with E-state index in [2.05, 4.69) is 26.1 Å². The highest BCUT2D eigenvalue weighted by molar-refractivity contribution is 5.16. The van der Waals surface area contributed by atoms with E-state index in [4.69, 9.17) is 4.74 Å². The van der Waals surface area contributed by atoms with E-state index < -0.39 is 0 Å². The normalized spacial score (nSPS) is 11.8. The van der Waals surface area contributed by atoms with Crippen molar-refractivity contribution < 1.29 is 9.13 Å². The van der Waals surface area contributed by atoms with Crippen LogP contribution in [0, 0.1) is 5.82 Å².